The zero-order valence-corrected chi connectivity index (χ0v) is 14.8. The van der Waals surface area contributed by atoms with E-state index in [0.29, 0.717) is 12.0 Å². The van der Waals surface area contributed by atoms with Crippen molar-refractivity contribution in [1.29, 1.82) is 0 Å². The van der Waals surface area contributed by atoms with E-state index in [1.165, 1.54) is 5.01 Å². The SMILES string of the molecule is Br.COc1ccc(-c2csc(C3CCOC(C)C3)n2)cc1. The van der Waals surface area contributed by atoms with Crippen molar-refractivity contribution < 1.29 is 9.47 Å². The molecule has 2 unspecified atom stereocenters. The van der Waals surface area contributed by atoms with Gasteiger partial charge in [-0.1, -0.05) is 0 Å². The summed E-state index contributed by atoms with van der Waals surface area (Å²) in [6.07, 6.45) is 2.51. The van der Waals surface area contributed by atoms with Crippen molar-refractivity contribution >= 4 is 28.3 Å². The van der Waals surface area contributed by atoms with Crippen molar-refractivity contribution in [3.05, 3.63) is 34.7 Å². The number of benzene rings is 1. The van der Waals surface area contributed by atoms with Crippen molar-refractivity contribution in [2.75, 3.05) is 13.7 Å². The number of nitrogens with zero attached hydrogens (tertiary/aromatic N) is 1. The lowest BCUT2D eigenvalue weighted by molar-refractivity contribution is 0.0186. The van der Waals surface area contributed by atoms with Gasteiger partial charge in [0.05, 0.1) is 23.9 Å². The Balaban J connectivity index is 0.00000161. The molecule has 1 aliphatic rings. The first-order valence-corrected chi connectivity index (χ1v) is 7.85. The molecule has 0 radical (unpaired) electrons. The maximum atomic E-state index is 5.61. The first-order valence-electron chi connectivity index (χ1n) is 6.97. The Morgan fingerprint density at radius 3 is 2.71 bits per heavy atom. The molecule has 3 rings (SSSR count). The minimum absolute atomic E-state index is 0. The monoisotopic (exact) mass is 369 g/mol. The minimum Gasteiger partial charge on any atom is -0.497 e. The number of methoxy groups -OCH3 is 1. The Kier molecular flexibility index (Phi) is 5.79. The van der Waals surface area contributed by atoms with E-state index >= 15 is 0 Å². The molecular formula is C16H20BrNO2S. The summed E-state index contributed by atoms with van der Waals surface area (Å²) in [7, 11) is 1.68. The fourth-order valence-electron chi connectivity index (χ4n) is 2.59. The van der Waals surface area contributed by atoms with Crippen LogP contribution in [0.2, 0.25) is 0 Å². The predicted molar refractivity (Wildman–Crippen MR) is 91.8 cm³/mol. The Bertz CT molecular complexity index is 570. The van der Waals surface area contributed by atoms with Gasteiger partial charge in [-0.15, -0.1) is 28.3 Å². The number of hydrogen-bond acceptors (Lipinski definition) is 4. The number of thiazole rings is 1. The highest BCUT2D eigenvalue weighted by molar-refractivity contribution is 8.93. The van der Waals surface area contributed by atoms with Crippen LogP contribution in [0.4, 0.5) is 0 Å². The maximum Gasteiger partial charge on any atom is 0.118 e. The van der Waals surface area contributed by atoms with E-state index < -0.39 is 0 Å². The van der Waals surface area contributed by atoms with Gasteiger partial charge < -0.3 is 9.47 Å². The van der Waals surface area contributed by atoms with E-state index in [1.54, 1.807) is 18.4 Å². The minimum atomic E-state index is 0. The molecule has 1 aromatic carbocycles. The lowest BCUT2D eigenvalue weighted by Gasteiger charge is -2.25. The smallest absolute Gasteiger partial charge is 0.118 e. The molecule has 2 heterocycles. The van der Waals surface area contributed by atoms with Crippen LogP contribution in [0.1, 0.15) is 30.7 Å². The van der Waals surface area contributed by atoms with Gasteiger partial charge in [-0.3, -0.25) is 0 Å². The summed E-state index contributed by atoms with van der Waals surface area (Å²) in [5, 5.41) is 3.39. The lowest BCUT2D eigenvalue weighted by Crippen LogP contribution is -2.21. The third-order valence-corrected chi connectivity index (χ3v) is 4.75. The first-order chi connectivity index (χ1) is 9.76. The molecule has 1 aliphatic heterocycles. The Morgan fingerprint density at radius 1 is 1.29 bits per heavy atom. The zero-order valence-electron chi connectivity index (χ0n) is 12.2. The third kappa shape index (κ3) is 3.84. The lowest BCUT2D eigenvalue weighted by atomic mass is 9.97. The van der Waals surface area contributed by atoms with Crippen LogP contribution in [0.3, 0.4) is 0 Å². The molecule has 114 valence electrons. The number of halogens is 1. The molecule has 21 heavy (non-hydrogen) atoms. The summed E-state index contributed by atoms with van der Waals surface area (Å²) in [5.74, 6) is 1.43. The van der Waals surface area contributed by atoms with Gasteiger partial charge >= 0.3 is 0 Å². The van der Waals surface area contributed by atoms with Crippen molar-refractivity contribution in [2.45, 2.75) is 31.8 Å². The summed E-state index contributed by atoms with van der Waals surface area (Å²) in [6.45, 7) is 2.99. The third-order valence-electron chi connectivity index (χ3n) is 3.74. The van der Waals surface area contributed by atoms with Crippen LogP contribution in [0.5, 0.6) is 5.75 Å². The van der Waals surface area contributed by atoms with Gasteiger partial charge in [-0.2, -0.15) is 0 Å². The van der Waals surface area contributed by atoms with E-state index in [0.717, 1.165) is 36.5 Å². The molecule has 2 aromatic rings. The molecule has 2 atom stereocenters. The van der Waals surface area contributed by atoms with Crippen molar-refractivity contribution in [2.24, 2.45) is 0 Å². The molecule has 1 fully saturated rings. The van der Waals surface area contributed by atoms with E-state index in [-0.39, 0.29) is 17.0 Å². The number of hydrogen-bond donors (Lipinski definition) is 0. The fourth-order valence-corrected chi connectivity index (χ4v) is 3.57. The van der Waals surface area contributed by atoms with Crippen LogP contribution >= 0.6 is 28.3 Å². The molecule has 5 heteroatoms. The van der Waals surface area contributed by atoms with Gasteiger partial charge in [0.25, 0.3) is 0 Å². The summed E-state index contributed by atoms with van der Waals surface area (Å²) in [5.41, 5.74) is 2.21. The predicted octanol–water partition coefficient (Wildman–Crippen LogP) is 4.68. The van der Waals surface area contributed by atoms with Crippen molar-refractivity contribution in [3.8, 4) is 17.0 Å². The van der Waals surface area contributed by atoms with Gasteiger partial charge in [-0.25, -0.2) is 4.98 Å². The molecule has 0 N–H and O–H groups in total. The van der Waals surface area contributed by atoms with Gasteiger partial charge in [-0.05, 0) is 44.0 Å². The Morgan fingerprint density at radius 2 is 2.05 bits per heavy atom. The first kappa shape index (κ1) is 16.5. The summed E-state index contributed by atoms with van der Waals surface area (Å²) < 4.78 is 10.8. The van der Waals surface area contributed by atoms with Crippen molar-refractivity contribution in [3.63, 3.8) is 0 Å². The van der Waals surface area contributed by atoms with E-state index in [4.69, 9.17) is 14.5 Å². The van der Waals surface area contributed by atoms with E-state index in [9.17, 15) is 0 Å². The second-order valence-electron chi connectivity index (χ2n) is 5.20. The molecule has 0 aliphatic carbocycles. The van der Waals surface area contributed by atoms with E-state index in [1.807, 2.05) is 12.1 Å². The summed E-state index contributed by atoms with van der Waals surface area (Å²) in [6, 6.07) is 8.07. The molecular weight excluding hydrogens is 350 g/mol. The van der Waals surface area contributed by atoms with Crippen LogP contribution in [-0.2, 0) is 4.74 Å². The maximum absolute atomic E-state index is 5.61. The van der Waals surface area contributed by atoms with Crippen molar-refractivity contribution in [1.82, 2.24) is 4.98 Å². The number of rotatable bonds is 3. The molecule has 1 saturated heterocycles. The molecule has 0 bridgehead atoms. The Hall–Kier alpha value is -0.910. The standard InChI is InChI=1S/C16H19NO2S.BrH/c1-11-9-13(7-8-19-11)16-17-15(10-20-16)12-3-5-14(18-2)6-4-12;/h3-6,10-11,13H,7-9H2,1-2H3;1H. The topological polar surface area (TPSA) is 31.4 Å². The molecule has 0 spiro atoms. The highest BCUT2D eigenvalue weighted by Gasteiger charge is 2.23. The number of aromatic nitrogens is 1. The molecule has 0 amide bonds. The fraction of sp³-hybridized carbons (Fsp3) is 0.438. The van der Waals surface area contributed by atoms with Crippen LogP contribution in [0.25, 0.3) is 11.3 Å². The van der Waals surface area contributed by atoms with Gasteiger partial charge in [0.2, 0.25) is 0 Å². The van der Waals surface area contributed by atoms with Gasteiger partial charge in [0, 0.05) is 23.5 Å². The number of ether oxygens (including phenoxy) is 2. The van der Waals surface area contributed by atoms with Crippen LogP contribution in [0.15, 0.2) is 29.6 Å². The normalized spacial score (nSPS) is 21.6. The van der Waals surface area contributed by atoms with Gasteiger partial charge in [0.15, 0.2) is 0 Å². The highest BCUT2D eigenvalue weighted by atomic mass is 79.9. The average Bonchev–Trinajstić information content (AvgIpc) is 2.97. The zero-order chi connectivity index (χ0) is 13.9. The summed E-state index contributed by atoms with van der Waals surface area (Å²) >= 11 is 1.76. The molecule has 1 aromatic heterocycles. The summed E-state index contributed by atoms with van der Waals surface area (Å²) in [4.78, 5) is 4.82. The quantitative estimate of drug-likeness (QED) is 0.786. The largest absolute Gasteiger partial charge is 0.497 e. The average molecular weight is 370 g/mol. The van der Waals surface area contributed by atoms with Crippen LogP contribution in [0, 0.1) is 0 Å². The molecule has 0 saturated carbocycles. The second kappa shape index (κ2) is 7.38. The second-order valence-corrected chi connectivity index (χ2v) is 6.09. The molecule has 3 nitrogen and oxygen atoms in total. The van der Waals surface area contributed by atoms with E-state index in [2.05, 4.69) is 24.4 Å². The van der Waals surface area contributed by atoms with Crippen LogP contribution < -0.4 is 4.74 Å². The highest BCUT2D eigenvalue weighted by Crippen LogP contribution is 2.34. The van der Waals surface area contributed by atoms with Gasteiger partial charge in [0.1, 0.15) is 5.75 Å². The van der Waals surface area contributed by atoms with Crippen LogP contribution in [-0.4, -0.2) is 24.8 Å². The Labute approximate surface area is 140 Å².